The normalized spacial score (nSPS) is 14.8. The molecular formula is C17H23FN2O2S. The maximum absolute atomic E-state index is 14.0. The summed E-state index contributed by atoms with van der Waals surface area (Å²) < 4.78 is 19.4. The van der Waals surface area contributed by atoms with Crippen LogP contribution in [0.5, 0.6) is 5.75 Å². The molecule has 0 saturated heterocycles. The summed E-state index contributed by atoms with van der Waals surface area (Å²) in [5.74, 6) is 0.539. The van der Waals surface area contributed by atoms with Crippen LogP contribution in [0.2, 0.25) is 0 Å². The van der Waals surface area contributed by atoms with Crippen molar-refractivity contribution in [1.82, 2.24) is 9.88 Å². The van der Waals surface area contributed by atoms with Crippen LogP contribution in [0.4, 0.5) is 4.39 Å². The molecule has 2 aromatic rings. The molecule has 1 heterocycles. The van der Waals surface area contributed by atoms with Crippen molar-refractivity contribution in [1.29, 1.82) is 0 Å². The molecule has 0 fully saturated rings. The van der Waals surface area contributed by atoms with Gasteiger partial charge in [0.1, 0.15) is 16.4 Å². The second-order valence-corrected chi connectivity index (χ2v) is 7.23. The SMILES string of the molecule is COc1ccc(CC(C)(C)F)cc1C(O)(c1nccs1)N(C)C. The zero-order valence-electron chi connectivity index (χ0n) is 14.1. The maximum Gasteiger partial charge on any atom is 0.201 e. The third-order valence-electron chi connectivity index (χ3n) is 3.64. The number of aliphatic hydroxyl groups is 1. The van der Waals surface area contributed by atoms with Crippen LogP contribution in [0.3, 0.4) is 0 Å². The Balaban J connectivity index is 2.60. The van der Waals surface area contributed by atoms with Gasteiger partial charge in [0.15, 0.2) is 0 Å². The summed E-state index contributed by atoms with van der Waals surface area (Å²) in [7, 11) is 5.09. The Labute approximate surface area is 140 Å². The molecule has 0 aliphatic carbocycles. The average Bonchev–Trinajstić information content (AvgIpc) is 2.99. The topological polar surface area (TPSA) is 45.6 Å². The molecule has 1 aromatic carbocycles. The monoisotopic (exact) mass is 338 g/mol. The summed E-state index contributed by atoms with van der Waals surface area (Å²) in [4.78, 5) is 5.94. The Morgan fingerprint density at radius 2 is 2.04 bits per heavy atom. The maximum atomic E-state index is 14.0. The first-order valence-corrected chi connectivity index (χ1v) is 8.22. The van der Waals surface area contributed by atoms with E-state index in [-0.39, 0.29) is 6.42 Å². The van der Waals surface area contributed by atoms with Crippen LogP contribution in [0, 0.1) is 0 Å². The summed E-state index contributed by atoms with van der Waals surface area (Å²) >= 11 is 1.36. The van der Waals surface area contributed by atoms with Gasteiger partial charge >= 0.3 is 0 Å². The number of alkyl halides is 1. The van der Waals surface area contributed by atoms with Gasteiger partial charge in [0, 0.05) is 23.6 Å². The van der Waals surface area contributed by atoms with Crippen molar-refractivity contribution in [2.45, 2.75) is 31.7 Å². The standard InChI is InChI=1S/C17H23FN2O2S/c1-16(2,18)11-12-6-7-14(22-5)13(10-12)17(21,20(3)4)15-19-8-9-23-15/h6-10,21H,11H2,1-5H3. The first kappa shape index (κ1) is 17.8. The van der Waals surface area contributed by atoms with Crippen molar-refractivity contribution < 1.29 is 14.2 Å². The van der Waals surface area contributed by atoms with E-state index in [0.717, 1.165) is 5.56 Å². The third kappa shape index (κ3) is 3.71. The lowest BCUT2D eigenvalue weighted by Crippen LogP contribution is -2.42. The van der Waals surface area contributed by atoms with Crippen molar-refractivity contribution in [2.75, 3.05) is 21.2 Å². The highest BCUT2D eigenvalue weighted by Crippen LogP contribution is 2.39. The minimum Gasteiger partial charge on any atom is -0.496 e. The molecule has 2 rings (SSSR count). The van der Waals surface area contributed by atoms with Gasteiger partial charge in [-0.1, -0.05) is 6.07 Å². The van der Waals surface area contributed by atoms with Crippen molar-refractivity contribution in [2.24, 2.45) is 0 Å². The molecule has 126 valence electrons. The highest BCUT2D eigenvalue weighted by molar-refractivity contribution is 7.09. The number of ether oxygens (including phenoxy) is 1. The number of thiazole rings is 1. The van der Waals surface area contributed by atoms with E-state index >= 15 is 0 Å². The van der Waals surface area contributed by atoms with Crippen LogP contribution in [0.25, 0.3) is 0 Å². The molecule has 0 saturated carbocycles. The van der Waals surface area contributed by atoms with Crippen molar-refractivity contribution in [3.05, 3.63) is 45.9 Å². The van der Waals surface area contributed by atoms with Crippen LogP contribution in [0.1, 0.15) is 30.0 Å². The Morgan fingerprint density at radius 3 is 2.52 bits per heavy atom. The zero-order valence-corrected chi connectivity index (χ0v) is 14.9. The van der Waals surface area contributed by atoms with E-state index in [4.69, 9.17) is 4.74 Å². The van der Waals surface area contributed by atoms with E-state index in [2.05, 4.69) is 4.98 Å². The number of methoxy groups -OCH3 is 1. The zero-order chi connectivity index (χ0) is 17.3. The van der Waals surface area contributed by atoms with Crippen LogP contribution < -0.4 is 4.74 Å². The molecule has 1 unspecified atom stereocenters. The van der Waals surface area contributed by atoms with E-state index < -0.39 is 11.4 Å². The molecule has 0 bridgehead atoms. The average molecular weight is 338 g/mol. The third-order valence-corrected chi connectivity index (χ3v) is 4.51. The predicted molar refractivity (Wildman–Crippen MR) is 90.7 cm³/mol. The Bertz CT molecular complexity index is 653. The van der Waals surface area contributed by atoms with Crippen LogP contribution >= 0.6 is 11.3 Å². The van der Waals surface area contributed by atoms with E-state index in [1.807, 2.05) is 11.4 Å². The second kappa shape index (κ2) is 6.55. The van der Waals surface area contributed by atoms with Gasteiger partial charge in [-0.25, -0.2) is 9.37 Å². The number of nitrogens with zero attached hydrogens (tertiary/aromatic N) is 2. The molecule has 1 aromatic heterocycles. The van der Waals surface area contributed by atoms with Gasteiger partial charge in [-0.05, 0) is 45.6 Å². The molecule has 4 nitrogen and oxygen atoms in total. The number of rotatable bonds is 6. The van der Waals surface area contributed by atoms with Crippen molar-refractivity contribution >= 4 is 11.3 Å². The molecule has 0 aliphatic rings. The highest BCUT2D eigenvalue weighted by atomic mass is 32.1. The first-order valence-electron chi connectivity index (χ1n) is 7.34. The van der Waals surface area contributed by atoms with Crippen LogP contribution in [-0.2, 0) is 12.1 Å². The smallest absolute Gasteiger partial charge is 0.201 e. The molecule has 0 radical (unpaired) electrons. The van der Waals surface area contributed by atoms with E-state index in [0.29, 0.717) is 16.3 Å². The van der Waals surface area contributed by atoms with Gasteiger partial charge in [-0.15, -0.1) is 11.3 Å². The molecule has 0 amide bonds. The summed E-state index contributed by atoms with van der Waals surface area (Å²) in [5.41, 5.74) is -1.41. The Hall–Kier alpha value is -1.50. The fraction of sp³-hybridized carbons (Fsp3) is 0.471. The fourth-order valence-electron chi connectivity index (χ4n) is 2.57. The van der Waals surface area contributed by atoms with Gasteiger partial charge in [0.05, 0.1) is 7.11 Å². The van der Waals surface area contributed by atoms with Crippen molar-refractivity contribution in [3.8, 4) is 5.75 Å². The Kier molecular flexibility index (Phi) is 5.08. The molecule has 23 heavy (non-hydrogen) atoms. The summed E-state index contributed by atoms with van der Waals surface area (Å²) in [6.07, 6.45) is 1.90. The molecule has 1 atom stereocenters. The van der Waals surface area contributed by atoms with E-state index in [1.54, 1.807) is 44.4 Å². The molecule has 6 heteroatoms. The molecule has 1 N–H and O–H groups in total. The van der Waals surface area contributed by atoms with Gasteiger partial charge in [0.25, 0.3) is 0 Å². The number of halogens is 1. The minimum atomic E-state index is -1.43. The lowest BCUT2D eigenvalue weighted by atomic mass is 9.94. The lowest BCUT2D eigenvalue weighted by molar-refractivity contribution is -0.0525. The summed E-state index contributed by atoms with van der Waals surface area (Å²) in [6, 6.07) is 5.38. The number of aromatic nitrogens is 1. The first-order chi connectivity index (χ1) is 10.7. The largest absolute Gasteiger partial charge is 0.496 e. The fourth-order valence-corrected chi connectivity index (χ4v) is 3.40. The van der Waals surface area contributed by atoms with E-state index in [1.165, 1.54) is 25.2 Å². The van der Waals surface area contributed by atoms with Gasteiger partial charge in [-0.3, -0.25) is 4.90 Å². The Morgan fingerprint density at radius 1 is 1.35 bits per heavy atom. The van der Waals surface area contributed by atoms with Gasteiger partial charge in [0.2, 0.25) is 5.72 Å². The lowest BCUT2D eigenvalue weighted by Gasteiger charge is -2.34. The second-order valence-electron chi connectivity index (χ2n) is 6.33. The quantitative estimate of drug-likeness (QED) is 0.822. The van der Waals surface area contributed by atoms with Gasteiger partial charge in [-0.2, -0.15) is 0 Å². The van der Waals surface area contributed by atoms with Crippen LogP contribution in [0.15, 0.2) is 29.8 Å². The molecule has 0 aliphatic heterocycles. The minimum absolute atomic E-state index is 0.255. The number of hydrogen-bond donors (Lipinski definition) is 1. The number of benzene rings is 1. The van der Waals surface area contributed by atoms with Crippen molar-refractivity contribution in [3.63, 3.8) is 0 Å². The summed E-state index contributed by atoms with van der Waals surface area (Å²) in [5, 5.41) is 13.7. The molecular weight excluding hydrogens is 315 g/mol. The number of hydrogen-bond acceptors (Lipinski definition) is 5. The predicted octanol–water partition coefficient (Wildman–Crippen LogP) is 3.20. The summed E-state index contributed by atoms with van der Waals surface area (Å²) in [6.45, 7) is 3.08. The van der Waals surface area contributed by atoms with Gasteiger partial charge < -0.3 is 9.84 Å². The molecule has 0 spiro atoms. The van der Waals surface area contributed by atoms with Crippen LogP contribution in [-0.4, -0.2) is 41.9 Å². The highest BCUT2D eigenvalue weighted by Gasteiger charge is 2.39. The van der Waals surface area contributed by atoms with E-state index in [9.17, 15) is 9.50 Å².